The van der Waals surface area contributed by atoms with E-state index in [1.807, 2.05) is 30.3 Å². The summed E-state index contributed by atoms with van der Waals surface area (Å²) in [5, 5.41) is 22.6. The molecule has 1 aliphatic rings. The van der Waals surface area contributed by atoms with Crippen LogP contribution in [0.3, 0.4) is 0 Å². The van der Waals surface area contributed by atoms with Gasteiger partial charge in [0.15, 0.2) is 5.79 Å². The van der Waals surface area contributed by atoms with E-state index in [9.17, 15) is 5.11 Å². The molecule has 2 rings (SSSR count). The van der Waals surface area contributed by atoms with Crippen molar-refractivity contribution in [1.29, 1.82) is 0 Å². The van der Waals surface area contributed by atoms with Gasteiger partial charge in [-0.2, -0.15) is 0 Å². The van der Waals surface area contributed by atoms with Gasteiger partial charge in [-0.15, -0.1) is 0 Å². The lowest BCUT2D eigenvalue weighted by molar-refractivity contribution is -0.155. The lowest BCUT2D eigenvalue weighted by Gasteiger charge is -2.19. The van der Waals surface area contributed by atoms with Crippen molar-refractivity contribution in [1.82, 2.24) is 0 Å². The van der Waals surface area contributed by atoms with Crippen LogP contribution in [0.4, 0.5) is 0 Å². The Morgan fingerprint density at radius 3 is 2.71 bits per heavy atom. The molecule has 0 aromatic heterocycles. The fraction of sp³-hybridized carbons (Fsp3) is 0.533. The summed E-state index contributed by atoms with van der Waals surface area (Å²) in [4.78, 5) is 5.20. The van der Waals surface area contributed by atoms with Crippen LogP contribution in [0.5, 0.6) is 0 Å². The van der Waals surface area contributed by atoms with Crippen molar-refractivity contribution in [2.24, 2.45) is 5.16 Å². The zero-order valence-corrected chi connectivity index (χ0v) is 12.2. The molecular formula is C15H21NO5. The van der Waals surface area contributed by atoms with Crippen molar-refractivity contribution in [3.63, 3.8) is 0 Å². The molecule has 0 spiro atoms. The van der Waals surface area contributed by atoms with Gasteiger partial charge in [0.1, 0.15) is 24.9 Å². The summed E-state index contributed by atoms with van der Waals surface area (Å²) in [7, 11) is 0. The summed E-state index contributed by atoms with van der Waals surface area (Å²) in [6, 6.07) is 9.65. The van der Waals surface area contributed by atoms with Gasteiger partial charge < -0.3 is 24.5 Å². The summed E-state index contributed by atoms with van der Waals surface area (Å²) in [6.07, 6.45) is -0.828. The van der Waals surface area contributed by atoms with E-state index in [0.29, 0.717) is 6.61 Å². The van der Waals surface area contributed by atoms with Crippen LogP contribution in [0.1, 0.15) is 19.4 Å². The fourth-order valence-corrected chi connectivity index (χ4v) is 2.12. The third kappa shape index (κ3) is 4.50. The molecule has 0 bridgehead atoms. The molecule has 6 nitrogen and oxygen atoms in total. The highest BCUT2D eigenvalue weighted by molar-refractivity contribution is 5.64. The fourth-order valence-electron chi connectivity index (χ4n) is 2.12. The number of ether oxygens (including phenoxy) is 2. The first-order valence-electron chi connectivity index (χ1n) is 6.86. The van der Waals surface area contributed by atoms with Crippen LogP contribution in [0.15, 0.2) is 35.5 Å². The molecule has 0 unspecified atom stereocenters. The first-order chi connectivity index (χ1) is 10.0. The number of aliphatic hydroxyl groups is 2. The predicted molar refractivity (Wildman–Crippen MR) is 76.6 cm³/mol. The number of benzene rings is 1. The third-order valence-corrected chi connectivity index (χ3v) is 3.09. The number of rotatable bonds is 6. The SMILES string of the molecule is CC1(C)O[C@H]([C@H](O)CO)[C@H](/C=N/OCc2ccccc2)O1. The van der Waals surface area contributed by atoms with Gasteiger partial charge >= 0.3 is 0 Å². The van der Waals surface area contributed by atoms with Crippen LogP contribution in [0, 0.1) is 0 Å². The lowest BCUT2D eigenvalue weighted by Crippen LogP contribution is -2.38. The zero-order chi connectivity index (χ0) is 15.3. The van der Waals surface area contributed by atoms with Gasteiger partial charge in [-0.25, -0.2) is 0 Å². The summed E-state index contributed by atoms with van der Waals surface area (Å²) < 4.78 is 11.2. The molecule has 0 saturated carbocycles. The van der Waals surface area contributed by atoms with Gasteiger partial charge in [0.25, 0.3) is 0 Å². The topological polar surface area (TPSA) is 80.5 Å². The van der Waals surface area contributed by atoms with Gasteiger partial charge in [-0.05, 0) is 19.4 Å². The van der Waals surface area contributed by atoms with Crippen molar-refractivity contribution in [2.75, 3.05) is 6.61 Å². The van der Waals surface area contributed by atoms with E-state index < -0.39 is 30.7 Å². The van der Waals surface area contributed by atoms with Crippen molar-refractivity contribution in [3.05, 3.63) is 35.9 Å². The Labute approximate surface area is 123 Å². The molecule has 21 heavy (non-hydrogen) atoms. The Hall–Kier alpha value is -1.47. The van der Waals surface area contributed by atoms with Gasteiger partial charge in [0.05, 0.1) is 12.8 Å². The number of aliphatic hydroxyl groups excluding tert-OH is 2. The van der Waals surface area contributed by atoms with E-state index in [2.05, 4.69) is 5.16 Å². The van der Waals surface area contributed by atoms with Crippen LogP contribution < -0.4 is 0 Å². The minimum atomic E-state index is -1.03. The predicted octanol–water partition coefficient (Wildman–Crippen LogP) is 1.06. The van der Waals surface area contributed by atoms with E-state index in [1.165, 1.54) is 6.21 Å². The van der Waals surface area contributed by atoms with Gasteiger partial charge in [0.2, 0.25) is 0 Å². The van der Waals surface area contributed by atoms with Crippen LogP contribution in [0.2, 0.25) is 0 Å². The van der Waals surface area contributed by atoms with Crippen molar-refractivity contribution >= 4 is 6.21 Å². The maximum atomic E-state index is 9.74. The Morgan fingerprint density at radius 2 is 2.05 bits per heavy atom. The van der Waals surface area contributed by atoms with E-state index in [-0.39, 0.29) is 0 Å². The lowest BCUT2D eigenvalue weighted by atomic mass is 10.1. The second kappa shape index (κ2) is 7.00. The minimum absolute atomic E-state index is 0.349. The van der Waals surface area contributed by atoms with Crippen LogP contribution in [0.25, 0.3) is 0 Å². The molecule has 0 amide bonds. The van der Waals surface area contributed by atoms with Crippen LogP contribution in [-0.2, 0) is 20.9 Å². The van der Waals surface area contributed by atoms with Gasteiger partial charge in [-0.3, -0.25) is 0 Å². The van der Waals surface area contributed by atoms with Gasteiger partial charge in [-0.1, -0.05) is 35.5 Å². The second-order valence-corrected chi connectivity index (χ2v) is 5.33. The quantitative estimate of drug-likeness (QED) is 0.606. The highest BCUT2D eigenvalue weighted by atomic mass is 16.8. The second-order valence-electron chi connectivity index (χ2n) is 5.33. The van der Waals surface area contributed by atoms with Crippen molar-refractivity contribution in [3.8, 4) is 0 Å². The Morgan fingerprint density at radius 1 is 1.33 bits per heavy atom. The summed E-state index contributed by atoms with van der Waals surface area (Å²) in [5.74, 6) is -0.836. The first-order valence-corrected chi connectivity index (χ1v) is 6.86. The molecule has 1 fully saturated rings. The highest BCUT2D eigenvalue weighted by Gasteiger charge is 2.44. The molecule has 1 aromatic carbocycles. The normalized spacial score (nSPS) is 26.1. The Bertz CT molecular complexity index is 462. The molecule has 1 heterocycles. The maximum absolute atomic E-state index is 9.74. The summed E-state index contributed by atoms with van der Waals surface area (Å²) >= 11 is 0. The summed E-state index contributed by atoms with van der Waals surface area (Å²) in [5.41, 5.74) is 1.01. The molecule has 1 saturated heterocycles. The molecular weight excluding hydrogens is 274 g/mol. The molecule has 3 atom stereocenters. The number of oxime groups is 1. The number of nitrogens with zero attached hydrogens (tertiary/aromatic N) is 1. The molecule has 1 aliphatic heterocycles. The molecule has 1 aromatic rings. The van der Waals surface area contributed by atoms with Gasteiger partial charge in [0, 0.05) is 0 Å². The standard InChI is InChI=1S/C15H21NO5/c1-15(2)20-13(14(21-15)12(18)9-17)8-16-19-10-11-6-4-3-5-7-11/h3-8,12-14,17-18H,9-10H2,1-2H3/b16-8+/t12-,13+,14-/m1/s1. The van der Waals surface area contributed by atoms with Crippen LogP contribution >= 0.6 is 0 Å². The monoisotopic (exact) mass is 295 g/mol. The molecule has 116 valence electrons. The number of hydrogen-bond donors (Lipinski definition) is 2. The van der Waals surface area contributed by atoms with E-state index in [4.69, 9.17) is 19.4 Å². The molecule has 0 aliphatic carbocycles. The van der Waals surface area contributed by atoms with E-state index in [1.54, 1.807) is 13.8 Å². The van der Waals surface area contributed by atoms with E-state index >= 15 is 0 Å². The van der Waals surface area contributed by atoms with Crippen LogP contribution in [-0.4, -0.2) is 47.1 Å². The zero-order valence-electron chi connectivity index (χ0n) is 12.2. The smallest absolute Gasteiger partial charge is 0.164 e. The molecule has 2 N–H and O–H groups in total. The third-order valence-electron chi connectivity index (χ3n) is 3.09. The average Bonchev–Trinajstić information content (AvgIpc) is 2.79. The maximum Gasteiger partial charge on any atom is 0.164 e. The Balaban J connectivity index is 1.89. The van der Waals surface area contributed by atoms with Crippen molar-refractivity contribution < 1.29 is 24.5 Å². The average molecular weight is 295 g/mol. The molecule has 6 heteroatoms. The Kier molecular flexibility index (Phi) is 5.30. The largest absolute Gasteiger partial charge is 0.394 e. The molecule has 0 radical (unpaired) electrons. The minimum Gasteiger partial charge on any atom is -0.394 e. The van der Waals surface area contributed by atoms with E-state index in [0.717, 1.165) is 5.56 Å². The highest BCUT2D eigenvalue weighted by Crippen LogP contribution is 2.29. The number of hydrogen-bond acceptors (Lipinski definition) is 6. The first kappa shape index (κ1) is 15.9. The van der Waals surface area contributed by atoms with Crippen molar-refractivity contribution in [2.45, 2.75) is 44.6 Å². The summed E-state index contributed by atoms with van der Waals surface area (Å²) in [6.45, 7) is 3.42.